The minimum absolute atomic E-state index is 0. The molecular formula is C12H24ClNO6. The Hall–Kier alpha value is -0.440. The second-order valence-corrected chi connectivity index (χ2v) is 5.00. The number of rotatable bonds is 7. The summed E-state index contributed by atoms with van der Waals surface area (Å²) in [6.07, 6.45) is -1.27. The number of piperidine rings is 1. The van der Waals surface area contributed by atoms with Gasteiger partial charge in [0.1, 0.15) is 12.2 Å². The summed E-state index contributed by atoms with van der Waals surface area (Å²) in [5.41, 5.74) is 0. The van der Waals surface area contributed by atoms with Crippen molar-refractivity contribution in [3.8, 4) is 0 Å². The third-order valence-corrected chi connectivity index (χ3v) is 3.55. The second-order valence-electron chi connectivity index (χ2n) is 5.00. The van der Waals surface area contributed by atoms with E-state index in [1.54, 1.807) is 4.90 Å². The number of carboxylic acids is 1. The Balaban J connectivity index is 0.00000361. The van der Waals surface area contributed by atoms with Crippen LogP contribution < -0.4 is 0 Å². The topological polar surface area (TPSA) is 121 Å². The number of hydrogen-bond donors (Lipinski definition) is 5. The molecule has 8 heteroatoms. The fourth-order valence-electron chi connectivity index (χ4n) is 2.40. The summed E-state index contributed by atoms with van der Waals surface area (Å²) in [6, 6.07) is -0.585. The van der Waals surface area contributed by atoms with Crippen molar-refractivity contribution in [1.29, 1.82) is 0 Å². The van der Waals surface area contributed by atoms with E-state index in [9.17, 15) is 25.2 Å². The zero-order valence-electron chi connectivity index (χ0n) is 11.3. The van der Waals surface area contributed by atoms with Gasteiger partial charge in [0.2, 0.25) is 0 Å². The number of aliphatic hydroxyl groups is 4. The van der Waals surface area contributed by atoms with Crippen molar-refractivity contribution >= 4 is 18.4 Å². The van der Waals surface area contributed by atoms with Crippen molar-refractivity contribution in [2.45, 2.75) is 50.0 Å². The highest BCUT2D eigenvalue weighted by Crippen LogP contribution is 2.19. The molecule has 5 N–H and O–H groups in total. The summed E-state index contributed by atoms with van der Waals surface area (Å²) in [6.45, 7) is 0.453. The maximum absolute atomic E-state index is 10.3. The second kappa shape index (κ2) is 9.49. The Morgan fingerprint density at radius 2 is 1.75 bits per heavy atom. The molecule has 0 unspecified atom stereocenters. The number of unbranched alkanes of at least 4 members (excludes halogenated alkanes) is 2. The van der Waals surface area contributed by atoms with Crippen LogP contribution in [0.5, 0.6) is 0 Å². The number of carboxylic acid groups (broad SMARTS) is 1. The molecule has 0 aromatic heterocycles. The Morgan fingerprint density at radius 3 is 2.30 bits per heavy atom. The van der Waals surface area contributed by atoms with Crippen LogP contribution in [0.3, 0.4) is 0 Å². The van der Waals surface area contributed by atoms with Gasteiger partial charge in [0.05, 0.1) is 18.8 Å². The van der Waals surface area contributed by atoms with Crippen LogP contribution in [0.2, 0.25) is 0 Å². The van der Waals surface area contributed by atoms with Crippen molar-refractivity contribution in [1.82, 2.24) is 4.90 Å². The molecule has 0 radical (unpaired) electrons. The molecular weight excluding hydrogens is 290 g/mol. The van der Waals surface area contributed by atoms with Gasteiger partial charge in [-0.05, 0) is 19.4 Å². The molecule has 1 aliphatic heterocycles. The van der Waals surface area contributed by atoms with Crippen LogP contribution in [0.25, 0.3) is 0 Å². The predicted octanol–water partition coefficient (Wildman–Crippen LogP) is -1.19. The molecule has 120 valence electrons. The van der Waals surface area contributed by atoms with Gasteiger partial charge in [-0.15, -0.1) is 12.4 Å². The fraction of sp³-hybridized carbons (Fsp3) is 0.917. The quantitative estimate of drug-likeness (QED) is 0.375. The first-order valence-corrected chi connectivity index (χ1v) is 6.58. The van der Waals surface area contributed by atoms with Crippen molar-refractivity contribution in [2.75, 3.05) is 19.7 Å². The summed E-state index contributed by atoms with van der Waals surface area (Å²) >= 11 is 0. The number of aliphatic hydroxyl groups excluding tert-OH is 4. The third kappa shape index (κ3) is 5.51. The Kier molecular flexibility index (Phi) is 9.28. The molecule has 4 atom stereocenters. The van der Waals surface area contributed by atoms with E-state index in [1.807, 2.05) is 0 Å². The molecule has 0 saturated carbocycles. The fourth-order valence-corrected chi connectivity index (χ4v) is 2.40. The summed E-state index contributed by atoms with van der Waals surface area (Å²) in [5.74, 6) is -0.819. The average Bonchev–Trinajstić information content (AvgIpc) is 2.35. The van der Waals surface area contributed by atoms with Crippen LogP contribution >= 0.6 is 12.4 Å². The third-order valence-electron chi connectivity index (χ3n) is 3.55. The summed E-state index contributed by atoms with van der Waals surface area (Å²) < 4.78 is 0. The molecule has 0 amide bonds. The van der Waals surface area contributed by atoms with E-state index in [0.717, 1.165) is 12.8 Å². The molecule has 1 saturated heterocycles. The van der Waals surface area contributed by atoms with E-state index in [4.69, 9.17) is 5.11 Å². The summed E-state index contributed by atoms with van der Waals surface area (Å²) in [4.78, 5) is 12.1. The van der Waals surface area contributed by atoms with Crippen LogP contribution in [0.4, 0.5) is 0 Å². The molecule has 1 heterocycles. The number of aliphatic carboxylic acids is 1. The van der Waals surface area contributed by atoms with Gasteiger partial charge in [-0.3, -0.25) is 9.69 Å². The van der Waals surface area contributed by atoms with Crippen molar-refractivity contribution in [3.05, 3.63) is 0 Å². The van der Waals surface area contributed by atoms with Gasteiger partial charge in [0.15, 0.2) is 0 Å². The standard InChI is InChI=1S/C12H23NO6.ClH/c14-7-8-11(18)12(19)9(15)6-13(8)5-3-1-2-4-10(16)17;/h8-9,11-12,14-15,18-19H,1-7H2,(H,16,17);1H/t8-,9-,11-,12-;/m1./s1. The van der Waals surface area contributed by atoms with Crippen LogP contribution in [-0.2, 0) is 4.79 Å². The maximum Gasteiger partial charge on any atom is 0.303 e. The summed E-state index contributed by atoms with van der Waals surface area (Å²) in [5, 5.41) is 46.6. The van der Waals surface area contributed by atoms with Gasteiger partial charge in [0.25, 0.3) is 0 Å². The smallest absolute Gasteiger partial charge is 0.303 e. The van der Waals surface area contributed by atoms with E-state index in [0.29, 0.717) is 13.0 Å². The number of carbonyl (C=O) groups is 1. The molecule has 7 nitrogen and oxygen atoms in total. The molecule has 20 heavy (non-hydrogen) atoms. The van der Waals surface area contributed by atoms with Gasteiger partial charge >= 0.3 is 5.97 Å². The lowest BCUT2D eigenvalue weighted by Gasteiger charge is -2.43. The van der Waals surface area contributed by atoms with Gasteiger partial charge < -0.3 is 25.5 Å². The first kappa shape index (κ1) is 19.6. The maximum atomic E-state index is 10.3. The SMILES string of the molecule is Cl.O=C(O)CCCCCN1C[C@@H](O)[C@@H](O)[C@H](O)[C@H]1CO. The lowest BCUT2D eigenvalue weighted by molar-refractivity contribution is -0.145. The largest absolute Gasteiger partial charge is 0.481 e. The lowest BCUT2D eigenvalue weighted by atomic mass is 9.94. The zero-order valence-corrected chi connectivity index (χ0v) is 12.1. The Labute approximate surface area is 124 Å². The zero-order chi connectivity index (χ0) is 14.4. The normalized spacial score (nSPS) is 30.8. The first-order chi connectivity index (χ1) is 8.97. The number of β-amino-alcohol motifs (C(OH)–C–C–N with tert-alkyl or cyclic N) is 1. The molecule has 1 aliphatic rings. The summed E-state index contributed by atoms with van der Waals surface area (Å²) in [7, 11) is 0. The van der Waals surface area contributed by atoms with Crippen LogP contribution in [0.15, 0.2) is 0 Å². The van der Waals surface area contributed by atoms with E-state index in [1.165, 1.54) is 0 Å². The van der Waals surface area contributed by atoms with E-state index >= 15 is 0 Å². The Bertz CT molecular complexity index is 293. The monoisotopic (exact) mass is 313 g/mol. The first-order valence-electron chi connectivity index (χ1n) is 6.58. The Morgan fingerprint density at radius 1 is 1.10 bits per heavy atom. The minimum atomic E-state index is -1.24. The van der Waals surface area contributed by atoms with Gasteiger partial charge in [-0.2, -0.15) is 0 Å². The molecule has 0 aliphatic carbocycles. The highest BCUT2D eigenvalue weighted by molar-refractivity contribution is 5.85. The molecule has 0 bridgehead atoms. The van der Waals surface area contributed by atoms with Crippen LogP contribution in [-0.4, -0.2) is 80.5 Å². The minimum Gasteiger partial charge on any atom is -0.481 e. The van der Waals surface area contributed by atoms with Crippen molar-refractivity contribution in [3.63, 3.8) is 0 Å². The van der Waals surface area contributed by atoms with Crippen LogP contribution in [0, 0.1) is 0 Å². The molecule has 1 fully saturated rings. The molecule has 0 aromatic carbocycles. The van der Waals surface area contributed by atoms with Gasteiger partial charge in [-0.25, -0.2) is 0 Å². The molecule has 1 rings (SSSR count). The average molecular weight is 314 g/mol. The van der Waals surface area contributed by atoms with E-state index in [2.05, 4.69) is 0 Å². The van der Waals surface area contributed by atoms with E-state index < -0.39 is 30.3 Å². The number of halogens is 1. The lowest BCUT2D eigenvalue weighted by Crippen LogP contribution is -2.62. The van der Waals surface area contributed by atoms with E-state index in [-0.39, 0.29) is 32.0 Å². The number of hydrogen-bond acceptors (Lipinski definition) is 6. The van der Waals surface area contributed by atoms with Gasteiger partial charge in [-0.1, -0.05) is 6.42 Å². The number of nitrogens with zero attached hydrogens (tertiary/aromatic N) is 1. The van der Waals surface area contributed by atoms with Crippen molar-refractivity contribution in [2.24, 2.45) is 0 Å². The van der Waals surface area contributed by atoms with Crippen LogP contribution in [0.1, 0.15) is 25.7 Å². The number of likely N-dealkylation sites (tertiary alicyclic amines) is 1. The van der Waals surface area contributed by atoms with Gasteiger partial charge in [0, 0.05) is 13.0 Å². The molecule has 0 spiro atoms. The highest BCUT2D eigenvalue weighted by Gasteiger charge is 2.40. The van der Waals surface area contributed by atoms with Crippen molar-refractivity contribution < 1.29 is 30.3 Å². The highest BCUT2D eigenvalue weighted by atomic mass is 35.5. The predicted molar refractivity (Wildman–Crippen MR) is 73.8 cm³/mol. The molecule has 0 aromatic rings.